The summed E-state index contributed by atoms with van der Waals surface area (Å²) in [6, 6.07) is 23.8. The van der Waals surface area contributed by atoms with Crippen LogP contribution in [0.3, 0.4) is 0 Å². The van der Waals surface area contributed by atoms with E-state index < -0.39 is 0 Å². The van der Waals surface area contributed by atoms with E-state index in [1.165, 1.54) is 17.8 Å². The number of rotatable bonds is 7. The van der Waals surface area contributed by atoms with Crippen molar-refractivity contribution in [3.8, 4) is 22.8 Å². The summed E-state index contributed by atoms with van der Waals surface area (Å²) in [6.07, 6.45) is 0.703. The molecule has 0 saturated carbocycles. The standard InChI is InChI=1S/C25H21FN4O2S/c26-21-12-6-5-11-20(21)24-28-29-25(30(24)18-9-2-1-3-10-18)33-16-23(31)27-15-19-14-17-8-4-7-13-22(17)32-19/h1-13,19H,14-16H2,(H,27,31). The highest BCUT2D eigenvalue weighted by atomic mass is 32.2. The molecule has 0 spiro atoms. The fourth-order valence-electron chi connectivity index (χ4n) is 3.77. The van der Waals surface area contributed by atoms with E-state index in [-0.39, 0.29) is 23.6 Å². The van der Waals surface area contributed by atoms with Crippen molar-refractivity contribution in [3.05, 3.63) is 90.2 Å². The zero-order chi connectivity index (χ0) is 22.6. The van der Waals surface area contributed by atoms with E-state index in [1.807, 2.05) is 54.6 Å². The van der Waals surface area contributed by atoms with Crippen LogP contribution in [0.1, 0.15) is 5.56 Å². The van der Waals surface area contributed by atoms with Crippen LogP contribution in [-0.4, -0.2) is 39.1 Å². The summed E-state index contributed by atoms with van der Waals surface area (Å²) in [5, 5.41) is 11.9. The Labute approximate surface area is 194 Å². The summed E-state index contributed by atoms with van der Waals surface area (Å²) in [7, 11) is 0. The third-order valence-electron chi connectivity index (χ3n) is 5.34. The molecule has 166 valence electrons. The van der Waals surface area contributed by atoms with Crippen LogP contribution < -0.4 is 10.1 Å². The number of carbonyl (C=O) groups is 1. The molecular formula is C25H21FN4O2S. The zero-order valence-electron chi connectivity index (χ0n) is 17.6. The van der Waals surface area contributed by atoms with Gasteiger partial charge in [0.1, 0.15) is 17.7 Å². The fourth-order valence-corrected chi connectivity index (χ4v) is 4.55. The van der Waals surface area contributed by atoms with Crippen LogP contribution in [0.4, 0.5) is 4.39 Å². The molecule has 1 aliphatic heterocycles. The summed E-state index contributed by atoms with van der Waals surface area (Å²) in [5.41, 5.74) is 2.30. The summed E-state index contributed by atoms with van der Waals surface area (Å²) in [4.78, 5) is 12.5. The van der Waals surface area contributed by atoms with Crippen LogP contribution in [-0.2, 0) is 11.2 Å². The molecule has 33 heavy (non-hydrogen) atoms. The van der Waals surface area contributed by atoms with Gasteiger partial charge in [-0.2, -0.15) is 0 Å². The molecule has 0 fully saturated rings. The average molecular weight is 461 g/mol. The maximum absolute atomic E-state index is 14.5. The number of benzene rings is 3. The second-order valence-electron chi connectivity index (χ2n) is 7.60. The molecule has 0 saturated heterocycles. The lowest BCUT2D eigenvalue weighted by molar-refractivity contribution is -0.118. The lowest BCUT2D eigenvalue weighted by Gasteiger charge is -2.12. The topological polar surface area (TPSA) is 69.0 Å². The summed E-state index contributed by atoms with van der Waals surface area (Å²) >= 11 is 1.26. The molecule has 1 amide bonds. The van der Waals surface area contributed by atoms with E-state index in [9.17, 15) is 9.18 Å². The Hall–Kier alpha value is -3.65. The smallest absolute Gasteiger partial charge is 0.230 e. The van der Waals surface area contributed by atoms with Crippen LogP contribution in [0.5, 0.6) is 5.75 Å². The van der Waals surface area contributed by atoms with Gasteiger partial charge in [-0.05, 0) is 35.9 Å². The molecule has 2 heterocycles. The highest BCUT2D eigenvalue weighted by molar-refractivity contribution is 7.99. The zero-order valence-corrected chi connectivity index (χ0v) is 18.5. The van der Waals surface area contributed by atoms with Crippen molar-refractivity contribution in [2.75, 3.05) is 12.3 Å². The van der Waals surface area contributed by atoms with Crippen molar-refractivity contribution in [2.45, 2.75) is 17.7 Å². The van der Waals surface area contributed by atoms with Gasteiger partial charge in [-0.15, -0.1) is 10.2 Å². The summed E-state index contributed by atoms with van der Waals surface area (Å²) in [6.45, 7) is 0.430. The lowest BCUT2D eigenvalue weighted by Crippen LogP contribution is -2.35. The molecule has 1 aromatic heterocycles. The molecule has 0 radical (unpaired) electrons. The van der Waals surface area contributed by atoms with Gasteiger partial charge in [0.2, 0.25) is 5.91 Å². The summed E-state index contributed by atoms with van der Waals surface area (Å²) in [5.74, 6) is 0.910. The lowest BCUT2D eigenvalue weighted by atomic mass is 10.1. The van der Waals surface area contributed by atoms with E-state index in [0.717, 1.165) is 23.4 Å². The highest BCUT2D eigenvalue weighted by Crippen LogP contribution is 2.30. The molecule has 5 rings (SSSR count). The quantitative estimate of drug-likeness (QED) is 0.417. The van der Waals surface area contributed by atoms with Gasteiger partial charge < -0.3 is 10.1 Å². The molecular weight excluding hydrogens is 439 g/mol. The Balaban J connectivity index is 1.28. The number of aromatic nitrogens is 3. The number of para-hydroxylation sites is 2. The number of carbonyl (C=O) groups excluding carboxylic acids is 1. The number of fused-ring (bicyclic) bond motifs is 1. The van der Waals surface area contributed by atoms with Crippen molar-refractivity contribution in [1.82, 2.24) is 20.1 Å². The predicted octanol–water partition coefficient (Wildman–Crippen LogP) is 4.29. The molecule has 0 bridgehead atoms. The monoisotopic (exact) mass is 460 g/mol. The molecule has 4 aromatic rings. The third kappa shape index (κ3) is 4.61. The minimum Gasteiger partial charge on any atom is -0.488 e. The van der Waals surface area contributed by atoms with Crippen molar-refractivity contribution < 1.29 is 13.9 Å². The Kier molecular flexibility index (Phi) is 6.08. The Bertz CT molecular complexity index is 1250. The maximum Gasteiger partial charge on any atom is 0.230 e. The minimum atomic E-state index is -0.381. The normalized spacial score (nSPS) is 14.5. The number of hydrogen-bond donors (Lipinski definition) is 1. The van der Waals surface area contributed by atoms with Crippen LogP contribution in [0, 0.1) is 5.82 Å². The van der Waals surface area contributed by atoms with Crippen molar-refractivity contribution in [3.63, 3.8) is 0 Å². The largest absolute Gasteiger partial charge is 0.488 e. The first-order valence-corrected chi connectivity index (χ1v) is 11.6. The first-order chi connectivity index (χ1) is 16.2. The molecule has 8 heteroatoms. The molecule has 1 aliphatic rings. The Morgan fingerprint density at radius 3 is 2.61 bits per heavy atom. The fraction of sp³-hybridized carbons (Fsp3) is 0.160. The maximum atomic E-state index is 14.5. The van der Waals surface area contributed by atoms with Gasteiger partial charge in [-0.1, -0.05) is 60.3 Å². The predicted molar refractivity (Wildman–Crippen MR) is 125 cm³/mol. The third-order valence-corrected chi connectivity index (χ3v) is 6.26. The second kappa shape index (κ2) is 9.46. The van der Waals surface area contributed by atoms with Crippen LogP contribution in [0.2, 0.25) is 0 Å². The molecule has 6 nitrogen and oxygen atoms in total. The molecule has 1 unspecified atom stereocenters. The van der Waals surface area contributed by atoms with Gasteiger partial charge >= 0.3 is 0 Å². The van der Waals surface area contributed by atoms with Gasteiger partial charge in [0.15, 0.2) is 11.0 Å². The average Bonchev–Trinajstić information content (AvgIpc) is 3.46. The van der Waals surface area contributed by atoms with E-state index >= 15 is 0 Å². The molecule has 1 atom stereocenters. The van der Waals surface area contributed by atoms with Crippen LogP contribution >= 0.6 is 11.8 Å². The first-order valence-electron chi connectivity index (χ1n) is 10.6. The van der Waals surface area contributed by atoms with E-state index in [0.29, 0.717) is 23.1 Å². The number of nitrogens with zero attached hydrogens (tertiary/aromatic N) is 3. The van der Waals surface area contributed by atoms with Crippen molar-refractivity contribution in [2.24, 2.45) is 0 Å². The number of halogens is 1. The summed E-state index contributed by atoms with van der Waals surface area (Å²) < 4.78 is 22.1. The van der Waals surface area contributed by atoms with Gasteiger partial charge in [-0.25, -0.2) is 4.39 Å². The first kappa shape index (κ1) is 21.2. The number of amides is 1. The Morgan fingerprint density at radius 2 is 1.79 bits per heavy atom. The van der Waals surface area contributed by atoms with Crippen molar-refractivity contribution in [1.29, 1.82) is 0 Å². The van der Waals surface area contributed by atoms with Crippen LogP contribution in [0.25, 0.3) is 17.1 Å². The number of nitrogens with one attached hydrogen (secondary N) is 1. The molecule has 1 N–H and O–H groups in total. The molecule has 0 aliphatic carbocycles. The minimum absolute atomic E-state index is 0.0722. The van der Waals surface area contributed by atoms with E-state index in [2.05, 4.69) is 15.5 Å². The molecule has 3 aromatic carbocycles. The van der Waals surface area contributed by atoms with Gasteiger partial charge in [-0.3, -0.25) is 9.36 Å². The SMILES string of the molecule is O=C(CSc1nnc(-c2ccccc2F)n1-c1ccccc1)NCC1Cc2ccccc2O1. The van der Waals surface area contributed by atoms with Gasteiger partial charge in [0, 0.05) is 12.1 Å². The van der Waals surface area contributed by atoms with Gasteiger partial charge in [0.25, 0.3) is 0 Å². The Morgan fingerprint density at radius 1 is 1.03 bits per heavy atom. The van der Waals surface area contributed by atoms with Crippen molar-refractivity contribution >= 4 is 17.7 Å². The number of hydrogen-bond acceptors (Lipinski definition) is 5. The number of thioether (sulfide) groups is 1. The second-order valence-corrected chi connectivity index (χ2v) is 8.54. The van der Waals surface area contributed by atoms with Crippen LogP contribution in [0.15, 0.2) is 84.0 Å². The van der Waals surface area contributed by atoms with E-state index in [1.54, 1.807) is 22.8 Å². The highest BCUT2D eigenvalue weighted by Gasteiger charge is 2.23. The van der Waals surface area contributed by atoms with Gasteiger partial charge in [0.05, 0.1) is 17.9 Å². The number of ether oxygens (including phenoxy) is 1. The van der Waals surface area contributed by atoms with E-state index in [4.69, 9.17) is 4.74 Å².